The predicted molar refractivity (Wildman–Crippen MR) is 48.6 cm³/mol. The van der Waals surface area contributed by atoms with Crippen molar-refractivity contribution in [2.45, 2.75) is 32.2 Å². The van der Waals surface area contributed by atoms with Gasteiger partial charge in [-0.2, -0.15) is 10.4 Å². The van der Waals surface area contributed by atoms with Gasteiger partial charge in [0.15, 0.2) is 5.69 Å². The number of hydrogen-bond acceptors (Lipinski definition) is 3. The van der Waals surface area contributed by atoms with Gasteiger partial charge in [0.2, 0.25) is 0 Å². The van der Waals surface area contributed by atoms with Gasteiger partial charge in [0.25, 0.3) is 0 Å². The Balaban J connectivity index is 2.56. The van der Waals surface area contributed by atoms with Gasteiger partial charge in [-0.3, -0.25) is 5.10 Å². The van der Waals surface area contributed by atoms with Crippen LogP contribution in [0.2, 0.25) is 0 Å². The number of unbranched alkanes of at least 4 members (excludes halogenated alkanes) is 1. The summed E-state index contributed by atoms with van der Waals surface area (Å²) < 4.78 is 0. The topological polar surface area (TPSA) is 78.5 Å². The number of rotatable bonds is 4. The van der Waals surface area contributed by atoms with Gasteiger partial charge in [-0.15, -0.1) is 0 Å². The van der Waals surface area contributed by atoms with Crippen molar-refractivity contribution in [1.29, 1.82) is 5.26 Å². The van der Waals surface area contributed by atoms with Crippen molar-refractivity contribution >= 4 is 0 Å². The molecule has 3 N–H and O–H groups in total. The summed E-state index contributed by atoms with van der Waals surface area (Å²) in [5.74, 6) is 0. The van der Waals surface area contributed by atoms with E-state index in [0.717, 1.165) is 25.0 Å². The van der Waals surface area contributed by atoms with E-state index in [2.05, 4.69) is 23.2 Å². The number of aromatic nitrogens is 2. The Kier molecular flexibility index (Phi) is 3.47. The highest BCUT2D eigenvalue weighted by Crippen LogP contribution is 2.14. The lowest BCUT2D eigenvalue weighted by molar-refractivity contribution is 0.588. The second-order valence-corrected chi connectivity index (χ2v) is 2.97. The van der Waals surface area contributed by atoms with Crippen LogP contribution in [0, 0.1) is 17.4 Å². The van der Waals surface area contributed by atoms with Crippen molar-refractivity contribution in [3.05, 3.63) is 17.5 Å². The maximum Gasteiger partial charge on any atom is 0.170 e. The second kappa shape index (κ2) is 4.63. The van der Waals surface area contributed by atoms with Crippen molar-refractivity contribution in [3.8, 4) is 6.07 Å². The van der Waals surface area contributed by atoms with E-state index in [1.54, 1.807) is 0 Å². The zero-order chi connectivity index (χ0) is 9.68. The molecule has 0 aliphatic carbocycles. The molecule has 0 aliphatic heterocycles. The third-order valence-corrected chi connectivity index (χ3v) is 1.89. The zero-order valence-corrected chi connectivity index (χ0v) is 7.67. The van der Waals surface area contributed by atoms with Crippen LogP contribution in [0.5, 0.6) is 0 Å². The molecule has 1 aromatic rings. The summed E-state index contributed by atoms with van der Waals surface area (Å²) in [6.07, 6.45) is 3.10. The average Bonchev–Trinajstić information content (AvgIpc) is 2.62. The normalized spacial score (nSPS) is 12.4. The summed E-state index contributed by atoms with van der Waals surface area (Å²) in [4.78, 5) is 0. The highest BCUT2D eigenvalue weighted by atomic mass is 15.1. The molecule has 1 unspecified atom stereocenters. The third kappa shape index (κ3) is 2.56. The highest BCUT2D eigenvalue weighted by molar-refractivity contribution is 5.21. The average molecular weight is 177 g/mol. The highest BCUT2D eigenvalue weighted by Gasteiger charge is 2.09. The maximum atomic E-state index is 8.50. The van der Waals surface area contributed by atoms with Gasteiger partial charge in [-0.05, 0) is 6.42 Å². The number of nitrogens with one attached hydrogen (secondary N) is 1. The summed E-state index contributed by atoms with van der Waals surface area (Å²) in [6.45, 7) is 2.12. The minimum absolute atomic E-state index is 0.0745. The Morgan fingerprint density at radius 1 is 1.77 bits per heavy atom. The Hall–Kier alpha value is -1.34. The monoisotopic (exact) mass is 177 g/mol. The maximum absolute atomic E-state index is 8.50. The first-order chi connectivity index (χ1) is 6.27. The van der Waals surface area contributed by atoms with Crippen LogP contribution >= 0.6 is 0 Å². The molecule has 0 amide bonds. The Bertz CT molecular complexity index is 297. The lowest BCUT2D eigenvalue weighted by Crippen LogP contribution is -2.10. The molecular weight excluding hydrogens is 164 g/mol. The van der Waals surface area contributed by atoms with Gasteiger partial charge in [0.1, 0.15) is 6.07 Å². The van der Waals surface area contributed by atoms with E-state index in [1.807, 2.05) is 6.07 Å². The fourth-order valence-electron chi connectivity index (χ4n) is 1.10. The van der Waals surface area contributed by atoms with Gasteiger partial charge in [0, 0.05) is 12.1 Å². The molecule has 0 saturated carbocycles. The van der Waals surface area contributed by atoms with Crippen LogP contribution in [0.4, 0.5) is 0 Å². The first kappa shape index (κ1) is 9.75. The summed E-state index contributed by atoms with van der Waals surface area (Å²) in [7, 11) is 0. The summed E-state index contributed by atoms with van der Waals surface area (Å²) in [5.41, 5.74) is 6.84. The number of hydrogen-bond donors (Lipinski definition) is 2. The van der Waals surface area contributed by atoms with Gasteiger partial charge in [-0.1, -0.05) is 19.8 Å². The SMILES string of the molecule is CCCCC(N)c1[c]c(C#N)n[nH]1. The molecule has 1 rings (SSSR count). The minimum Gasteiger partial charge on any atom is -0.323 e. The standard InChI is InChI=1S/C9H13N4/c1-2-3-4-8(11)9-5-7(6-10)12-13-9/h8H,2-4,11H2,1H3,(H,12,13). The molecule has 0 aliphatic rings. The Morgan fingerprint density at radius 2 is 2.54 bits per heavy atom. The van der Waals surface area contributed by atoms with Crippen LogP contribution in [0.25, 0.3) is 0 Å². The van der Waals surface area contributed by atoms with E-state index in [0.29, 0.717) is 0 Å². The summed E-state index contributed by atoms with van der Waals surface area (Å²) in [5, 5.41) is 15.0. The molecule has 1 aromatic heterocycles. The van der Waals surface area contributed by atoms with Crippen LogP contribution < -0.4 is 5.73 Å². The van der Waals surface area contributed by atoms with Crippen LogP contribution in [0.3, 0.4) is 0 Å². The van der Waals surface area contributed by atoms with E-state index in [9.17, 15) is 0 Å². The molecule has 0 fully saturated rings. The quantitative estimate of drug-likeness (QED) is 0.726. The molecule has 0 aromatic carbocycles. The Morgan fingerprint density at radius 3 is 3.08 bits per heavy atom. The molecule has 4 heteroatoms. The smallest absolute Gasteiger partial charge is 0.170 e. The first-order valence-corrected chi connectivity index (χ1v) is 4.41. The summed E-state index contributed by atoms with van der Waals surface area (Å²) in [6, 6.07) is 4.65. The molecule has 1 heterocycles. The molecule has 1 atom stereocenters. The second-order valence-electron chi connectivity index (χ2n) is 2.97. The number of nitriles is 1. The summed E-state index contributed by atoms with van der Waals surface area (Å²) >= 11 is 0. The fraction of sp³-hybridized carbons (Fsp3) is 0.556. The van der Waals surface area contributed by atoms with Crippen LogP contribution in [-0.4, -0.2) is 10.2 Å². The molecule has 13 heavy (non-hydrogen) atoms. The lowest BCUT2D eigenvalue weighted by Gasteiger charge is -2.06. The van der Waals surface area contributed by atoms with Crippen LogP contribution in [0.1, 0.15) is 43.6 Å². The van der Waals surface area contributed by atoms with Crippen molar-refractivity contribution in [2.24, 2.45) is 5.73 Å². The molecule has 4 nitrogen and oxygen atoms in total. The molecular formula is C9H13N4. The number of nitrogens with two attached hydrogens (primary N) is 1. The van der Waals surface area contributed by atoms with E-state index in [-0.39, 0.29) is 11.7 Å². The molecule has 0 bridgehead atoms. The molecule has 69 valence electrons. The van der Waals surface area contributed by atoms with E-state index in [4.69, 9.17) is 11.0 Å². The predicted octanol–water partition coefficient (Wildman–Crippen LogP) is 1.27. The fourth-order valence-corrected chi connectivity index (χ4v) is 1.10. The van der Waals surface area contributed by atoms with Crippen LogP contribution in [0.15, 0.2) is 0 Å². The third-order valence-electron chi connectivity index (χ3n) is 1.89. The van der Waals surface area contributed by atoms with Crippen molar-refractivity contribution < 1.29 is 0 Å². The lowest BCUT2D eigenvalue weighted by atomic mass is 10.1. The van der Waals surface area contributed by atoms with Gasteiger partial charge < -0.3 is 5.73 Å². The van der Waals surface area contributed by atoms with E-state index >= 15 is 0 Å². The van der Waals surface area contributed by atoms with Crippen molar-refractivity contribution in [3.63, 3.8) is 0 Å². The van der Waals surface area contributed by atoms with E-state index < -0.39 is 0 Å². The van der Waals surface area contributed by atoms with Gasteiger partial charge in [0.05, 0.1) is 5.69 Å². The van der Waals surface area contributed by atoms with Crippen LogP contribution in [-0.2, 0) is 0 Å². The molecule has 1 radical (unpaired) electrons. The van der Waals surface area contributed by atoms with Gasteiger partial charge in [-0.25, -0.2) is 0 Å². The van der Waals surface area contributed by atoms with Gasteiger partial charge >= 0.3 is 0 Å². The van der Waals surface area contributed by atoms with E-state index in [1.165, 1.54) is 0 Å². The number of nitrogens with zero attached hydrogens (tertiary/aromatic N) is 2. The molecule has 0 saturated heterocycles. The molecule has 0 spiro atoms. The minimum atomic E-state index is -0.0745. The zero-order valence-electron chi connectivity index (χ0n) is 7.67. The first-order valence-electron chi connectivity index (χ1n) is 4.41. The number of aromatic amines is 1. The number of H-pyrrole nitrogens is 1. The Labute approximate surface area is 77.8 Å². The largest absolute Gasteiger partial charge is 0.323 e. The van der Waals surface area contributed by atoms with Crippen molar-refractivity contribution in [2.75, 3.05) is 0 Å². The van der Waals surface area contributed by atoms with Crippen molar-refractivity contribution in [1.82, 2.24) is 10.2 Å².